The van der Waals surface area contributed by atoms with E-state index in [-0.39, 0.29) is 27.5 Å². The smallest absolute Gasteiger partial charge is 0.337 e. The molecule has 0 saturated carbocycles. The first-order valence-corrected chi connectivity index (χ1v) is 7.71. The van der Waals surface area contributed by atoms with Crippen molar-refractivity contribution >= 4 is 46.0 Å². The number of amides is 1. The second-order valence-corrected chi connectivity index (χ2v) is 6.45. The molecule has 1 amide bonds. The lowest BCUT2D eigenvalue weighted by molar-refractivity contribution is -0.117. The molecular formula is C14H14ClNO4S. The van der Waals surface area contributed by atoms with Gasteiger partial charge >= 0.3 is 5.97 Å². The Morgan fingerprint density at radius 2 is 2.19 bits per heavy atom. The van der Waals surface area contributed by atoms with E-state index >= 15 is 0 Å². The van der Waals surface area contributed by atoms with Gasteiger partial charge in [-0.2, -0.15) is 0 Å². The number of carboxylic acid groups (broad SMARTS) is 1. The lowest BCUT2D eigenvalue weighted by atomic mass is 10.1. The van der Waals surface area contributed by atoms with Gasteiger partial charge in [0.05, 0.1) is 10.6 Å². The highest BCUT2D eigenvalue weighted by molar-refractivity contribution is 8.13. The van der Waals surface area contributed by atoms with Crippen molar-refractivity contribution in [1.29, 1.82) is 0 Å². The highest BCUT2D eigenvalue weighted by atomic mass is 35.5. The van der Waals surface area contributed by atoms with E-state index in [9.17, 15) is 14.4 Å². The average Bonchev–Trinajstić information content (AvgIpc) is 2.78. The zero-order valence-electron chi connectivity index (χ0n) is 11.3. The third-order valence-electron chi connectivity index (χ3n) is 3.22. The molecule has 1 saturated heterocycles. The average molecular weight is 328 g/mol. The molecule has 112 valence electrons. The number of anilines is 1. The normalized spacial score (nSPS) is 18.1. The van der Waals surface area contributed by atoms with Gasteiger partial charge in [0, 0.05) is 31.3 Å². The molecule has 1 aliphatic heterocycles. The summed E-state index contributed by atoms with van der Waals surface area (Å²) < 4.78 is 0. The molecule has 1 heterocycles. The van der Waals surface area contributed by atoms with E-state index in [4.69, 9.17) is 16.7 Å². The van der Waals surface area contributed by atoms with Crippen molar-refractivity contribution in [3.63, 3.8) is 0 Å². The SMILES string of the molecule is CC(=O)SCC1CC(=O)N(c2ccc(Cl)c(C(=O)O)c2)C1. The zero-order valence-corrected chi connectivity index (χ0v) is 12.9. The quantitative estimate of drug-likeness (QED) is 0.920. The first-order valence-electron chi connectivity index (χ1n) is 6.35. The molecule has 5 nitrogen and oxygen atoms in total. The van der Waals surface area contributed by atoms with Crippen LogP contribution in [0.1, 0.15) is 23.7 Å². The molecule has 7 heteroatoms. The number of aromatic carboxylic acids is 1. The summed E-state index contributed by atoms with van der Waals surface area (Å²) in [5.74, 6) is -0.507. The number of carbonyl (C=O) groups excluding carboxylic acids is 2. The molecule has 2 rings (SSSR count). The molecule has 1 N–H and O–H groups in total. The van der Waals surface area contributed by atoms with Crippen LogP contribution in [0.2, 0.25) is 5.02 Å². The summed E-state index contributed by atoms with van der Waals surface area (Å²) in [4.78, 5) is 35.7. The number of benzene rings is 1. The van der Waals surface area contributed by atoms with E-state index in [0.29, 0.717) is 24.4 Å². The van der Waals surface area contributed by atoms with Crippen LogP contribution in [-0.2, 0) is 9.59 Å². The summed E-state index contributed by atoms with van der Waals surface area (Å²) in [6.07, 6.45) is 0.366. The summed E-state index contributed by atoms with van der Waals surface area (Å²) in [6, 6.07) is 4.52. The first kappa shape index (κ1) is 15.9. The molecule has 0 bridgehead atoms. The van der Waals surface area contributed by atoms with Gasteiger partial charge in [-0.1, -0.05) is 23.4 Å². The third kappa shape index (κ3) is 3.77. The standard InChI is InChI=1S/C14H14ClNO4S/c1-8(17)21-7-9-4-13(18)16(6-9)10-2-3-12(15)11(5-10)14(19)20/h2-3,5,9H,4,6-7H2,1H3,(H,19,20). The van der Waals surface area contributed by atoms with Gasteiger partial charge in [0.25, 0.3) is 0 Å². The second kappa shape index (κ2) is 6.49. The molecule has 1 aliphatic rings. The predicted octanol–water partition coefficient (Wildman–Crippen LogP) is 2.67. The summed E-state index contributed by atoms with van der Waals surface area (Å²) >= 11 is 7.03. The van der Waals surface area contributed by atoms with E-state index in [2.05, 4.69) is 0 Å². The number of rotatable bonds is 4. The highest BCUT2D eigenvalue weighted by Gasteiger charge is 2.31. The Kier molecular flexibility index (Phi) is 4.90. The minimum atomic E-state index is -1.13. The van der Waals surface area contributed by atoms with Crippen LogP contribution in [-0.4, -0.2) is 34.4 Å². The van der Waals surface area contributed by atoms with Crippen molar-refractivity contribution in [2.45, 2.75) is 13.3 Å². The minimum absolute atomic E-state index is 0.0245. The van der Waals surface area contributed by atoms with Crippen LogP contribution >= 0.6 is 23.4 Å². The van der Waals surface area contributed by atoms with Crippen LogP contribution in [0.5, 0.6) is 0 Å². The Labute approximate surface area is 131 Å². The van der Waals surface area contributed by atoms with Crippen molar-refractivity contribution in [1.82, 2.24) is 0 Å². The van der Waals surface area contributed by atoms with Gasteiger partial charge in [0.15, 0.2) is 5.12 Å². The van der Waals surface area contributed by atoms with Crippen LogP contribution < -0.4 is 4.90 Å². The largest absolute Gasteiger partial charge is 0.478 e. The minimum Gasteiger partial charge on any atom is -0.478 e. The van der Waals surface area contributed by atoms with Gasteiger partial charge in [0.2, 0.25) is 5.91 Å². The van der Waals surface area contributed by atoms with Crippen LogP contribution in [0.3, 0.4) is 0 Å². The monoisotopic (exact) mass is 327 g/mol. The van der Waals surface area contributed by atoms with E-state index < -0.39 is 5.97 Å². The van der Waals surface area contributed by atoms with Crippen LogP contribution in [0.15, 0.2) is 18.2 Å². The summed E-state index contributed by atoms with van der Waals surface area (Å²) in [5, 5.41) is 9.24. The number of carbonyl (C=O) groups is 3. The molecule has 1 aromatic rings. The van der Waals surface area contributed by atoms with Gasteiger partial charge in [-0.05, 0) is 24.1 Å². The molecule has 21 heavy (non-hydrogen) atoms. The Morgan fingerprint density at radius 1 is 1.48 bits per heavy atom. The maximum absolute atomic E-state index is 12.0. The topological polar surface area (TPSA) is 74.7 Å². The van der Waals surface area contributed by atoms with E-state index in [1.807, 2.05) is 0 Å². The first-order chi connectivity index (χ1) is 9.88. The fourth-order valence-corrected chi connectivity index (χ4v) is 3.12. The molecule has 0 spiro atoms. The van der Waals surface area contributed by atoms with E-state index in [1.165, 1.54) is 30.8 Å². The van der Waals surface area contributed by atoms with Crippen LogP contribution in [0.25, 0.3) is 0 Å². The second-order valence-electron chi connectivity index (χ2n) is 4.85. The predicted molar refractivity (Wildman–Crippen MR) is 82.0 cm³/mol. The maximum Gasteiger partial charge on any atom is 0.337 e. The van der Waals surface area contributed by atoms with Crippen molar-refractivity contribution in [2.24, 2.45) is 5.92 Å². The van der Waals surface area contributed by atoms with Gasteiger partial charge in [-0.3, -0.25) is 9.59 Å². The Morgan fingerprint density at radius 3 is 2.81 bits per heavy atom. The van der Waals surface area contributed by atoms with Crippen LogP contribution in [0, 0.1) is 5.92 Å². The molecule has 0 aromatic heterocycles. The molecular weight excluding hydrogens is 314 g/mol. The van der Waals surface area contributed by atoms with Gasteiger partial charge in [0.1, 0.15) is 0 Å². The number of thioether (sulfide) groups is 1. The number of hydrogen-bond donors (Lipinski definition) is 1. The fraction of sp³-hybridized carbons (Fsp3) is 0.357. The molecule has 0 radical (unpaired) electrons. The van der Waals surface area contributed by atoms with Crippen molar-refractivity contribution < 1.29 is 19.5 Å². The summed E-state index contributed by atoms with van der Waals surface area (Å²) in [6.45, 7) is 1.98. The van der Waals surface area contributed by atoms with E-state index in [1.54, 1.807) is 11.0 Å². The van der Waals surface area contributed by atoms with Gasteiger partial charge in [-0.25, -0.2) is 4.79 Å². The molecule has 1 aromatic carbocycles. The molecule has 1 unspecified atom stereocenters. The molecule has 1 atom stereocenters. The highest BCUT2D eigenvalue weighted by Crippen LogP contribution is 2.30. The fourth-order valence-electron chi connectivity index (χ4n) is 2.22. The van der Waals surface area contributed by atoms with Crippen molar-refractivity contribution in [2.75, 3.05) is 17.2 Å². The Bertz CT molecular complexity index is 605. The maximum atomic E-state index is 12.0. The lowest BCUT2D eigenvalue weighted by Crippen LogP contribution is -2.25. The van der Waals surface area contributed by atoms with Gasteiger partial charge in [-0.15, -0.1) is 0 Å². The van der Waals surface area contributed by atoms with Gasteiger partial charge < -0.3 is 10.0 Å². The summed E-state index contributed by atoms with van der Waals surface area (Å²) in [7, 11) is 0. The van der Waals surface area contributed by atoms with Crippen molar-refractivity contribution in [3.05, 3.63) is 28.8 Å². The number of nitrogens with zero attached hydrogens (tertiary/aromatic N) is 1. The van der Waals surface area contributed by atoms with Crippen molar-refractivity contribution in [3.8, 4) is 0 Å². The molecule has 1 fully saturated rings. The lowest BCUT2D eigenvalue weighted by Gasteiger charge is -2.17. The Hall–Kier alpha value is -1.53. The summed E-state index contributed by atoms with van der Waals surface area (Å²) in [5.41, 5.74) is 0.501. The Balaban J connectivity index is 2.15. The number of halogens is 1. The van der Waals surface area contributed by atoms with E-state index in [0.717, 1.165) is 0 Å². The third-order valence-corrected chi connectivity index (χ3v) is 4.59. The molecule has 0 aliphatic carbocycles. The van der Waals surface area contributed by atoms with Crippen LogP contribution in [0.4, 0.5) is 5.69 Å². The number of carboxylic acids is 1. The zero-order chi connectivity index (χ0) is 15.6. The number of hydrogen-bond acceptors (Lipinski definition) is 4.